The van der Waals surface area contributed by atoms with Crippen molar-refractivity contribution in [3.05, 3.63) is 58.8 Å². The topological polar surface area (TPSA) is 58.5 Å². The second-order valence-corrected chi connectivity index (χ2v) is 5.69. The van der Waals surface area contributed by atoms with Crippen LogP contribution in [0.2, 0.25) is 0 Å². The molecule has 0 unspecified atom stereocenters. The van der Waals surface area contributed by atoms with Gasteiger partial charge in [-0.25, -0.2) is 9.98 Å². The van der Waals surface area contributed by atoms with Gasteiger partial charge in [-0.1, -0.05) is 23.8 Å². The van der Waals surface area contributed by atoms with Crippen molar-refractivity contribution in [3.8, 4) is 5.88 Å². The Hall–Kier alpha value is -1.83. The number of benzene rings is 1. The molecule has 2 rings (SSSR count). The van der Waals surface area contributed by atoms with E-state index in [-0.39, 0.29) is 24.0 Å². The SMILES string of the molecule is CCNC(=NCc1ccnc(OC)c1)NCc1ccc(C)cc1C.I. The zero-order valence-electron chi connectivity index (χ0n) is 15.3. The zero-order valence-corrected chi connectivity index (χ0v) is 17.6. The number of hydrogen-bond donors (Lipinski definition) is 2. The summed E-state index contributed by atoms with van der Waals surface area (Å²) in [7, 11) is 1.62. The second-order valence-electron chi connectivity index (χ2n) is 5.69. The van der Waals surface area contributed by atoms with Gasteiger partial charge >= 0.3 is 0 Å². The van der Waals surface area contributed by atoms with Gasteiger partial charge in [-0.3, -0.25) is 0 Å². The Morgan fingerprint density at radius 2 is 1.96 bits per heavy atom. The predicted molar refractivity (Wildman–Crippen MR) is 114 cm³/mol. The third-order valence-electron chi connectivity index (χ3n) is 3.72. The van der Waals surface area contributed by atoms with Crippen LogP contribution < -0.4 is 15.4 Å². The summed E-state index contributed by atoms with van der Waals surface area (Å²) in [4.78, 5) is 8.74. The van der Waals surface area contributed by atoms with Gasteiger partial charge in [-0.05, 0) is 43.5 Å². The average molecular weight is 454 g/mol. The number of hydrogen-bond acceptors (Lipinski definition) is 3. The van der Waals surface area contributed by atoms with Crippen LogP contribution in [0.4, 0.5) is 0 Å². The van der Waals surface area contributed by atoms with E-state index in [1.165, 1.54) is 16.7 Å². The number of rotatable bonds is 6. The summed E-state index contributed by atoms with van der Waals surface area (Å²) >= 11 is 0. The molecule has 25 heavy (non-hydrogen) atoms. The van der Waals surface area contributed by atoms with E-state index < -0.39 is 0 Å². The van der Waals surface area contributed by atoms with E-state index in [1.807, 2.05) is 12.1 Å². The molecule has 0 spiro atoms. The number of halogens is 1. The van der Waals surface area contributed by atoms with Gasteiger partial charge in [0.15, 0.2) is 5.96 Å². The maximum atomic E-state index is 5.15. The fourth-order valence-corrected chi connectivity index (χ4v) is 2.40. The fourth-order valence-electron chi connectivity index (χ4n) is 2.40. The van der Waals surface area contributed by atoms with Crippen LogP contribution in [-0.2, 0) is 13.1 Å². The highest BCUT2D eigenvalue weighted by Gasteiger charge is 2.02. The summed E-state index contributed by atoms with van der Waals surface area (Å²) in [5.41, 5.74) is 4.91. The highest BCUT2D eigenvalue weighted by Crippen LogP contribution is 2.11. The number of nitrogens with one attached hydrogen (secondary N) is 2. The molecule has 0 radical (unpaired) electrons. The summed E-state index contributed by atoms with van der Waals surface area (Å²) in [5, 5.41) is 6.66. The molecule has 6 heteroatoms. The summed E-state index contributed by atoms with van der Waals surface area (Å²) < 4.78 is 5.15. The van der Waals surface area contributed by atoms with Crippen LogP contribution in [0.15, 0.2) is 41.5 Å². The second kappa shape index (κ2) is 10.9. The maximum absolute atomic E-state index is 5.15. The molecule has 0 saturated carbocycles. The quantitative estimate of drug-likeness (QED) is 0.398. The summed E-state index contributed by atoms with van der Waals surface area (Å²) in [5.74, 6) is 1.41. The van der Waals surface area contributed by atoms with E-state index in [4.69, 9.17) is 4.74 Å². The number of methoxy groups -OCH3 is 1. The fraction of sp³-hybridized carbons (Fsp3) is 0.368. The van der Waals surface area contributed by atoms with Crippen LogP contribution in [0.5, 0.6) is 5.88 Å². The van der Waals surface area contributed by atoms with Crippen LogP contribution >= 0.6 is 24.0 Å². The van der Waals surface area contributed by atoms with Crippen molar-refractivity contribution in [2.75, 3.05) is 13.7 Å². The average Bonchev–Trinajstić information content (AvgIpc) is 2.59. The number of nitrogens with zero attached hydrogens (tertiary/aromatic N) is 2. The standard InChI is InChI=1S/C19H26N4O.HI/c1-5-20-19(22-12-16-8-9-21-18(11-16)24-4)23-13-17-7-6-14(2)10-15(17)3;/h6-11H,5,12-13H2,1-4H3,(H2,20,22,23);1H. The molecule has 2 N–H and O–H groups in total. The molecule has 0 saturated heterocycles. The first-order valence-electron chi connectivity index (χ1n) is 8.19. The van der Waals surface area contributed by atoms with Gasteiger partial charge in [0.25, 0.3) is 0 Å². The van der Waals surface area contributed by atoms with Gasteiger partial charge in [0, 0.05) is 25.4 Å². The van der Waals surface area contributed by atoms with Crippen molar-refractivity contribution in [3.63, 3.8) is 0 Å². The lowest BCUT2D eigenvalue weighted by Crippen LogP contribution is -2.36. The van der Waals surface area contributed by atoms with E-state index in [0.29, 0.717) is 12.4 Å². The van der Waals surface area contributed by atoms with E-state index in [0.717, 1.165) is 24.6 Å². The molecule has 0 aliphatic carbocycles. The van der Waals surface area contributed by atoms with Crippen molar-refractivity contribution in [1.82, 2.24) is 15.6 Å². The van der Waals surface area contributed by atoms with E-state index >= 15 is 0 Å². The molecule has 136 valence electrons. The number of guanidine groups is 1. The minimum absolute atomic E-state index is 0. The monoisotopic (exact) mass is 454 g/mol. The first-order chi connectivity index (χ1) is 11.6. The Morgan fingerprint density at radius 1 is 1.16 bits per heavy atom. The van der Waals surface area contributed by atoms with Crippen LogP contribution in [-0.4, -0.2) is 24.6 Å². The lowest BCUT2D eigenvalue weighted by Gasteiger charge is -2.13. The lowest BCUT2D eigenvalue weighted by atomic mass is 10.1. The Kier molecular flexibility index (Phi) is 9.26. The maximum Gasteiger partial charge on any atom is 0.213 e. The van der Waals surface area contributed by atoms with Gasteiger partial charge in [0.05, 0.1) is 13.7 Å². The van der Waals surface area contributed by atoms with E-state index in [2.05, 4.69) is 59.6 Å². The van der Waals surface area contributed by atoms with Gasteiger partial charge < -0.3 is 15.4 Å². The van der Waals surface area contributed by atoms with E-state index in [1.54, 1.807) is 13.3 Å². The van der Waals surface area contributed by atoms with Crippen LogP contribution in [0.1, 0.15) is 29.2 Å². The number of aryl methyl sites for hydroxylation is 2. The molecule has 1 aromatic heterocycles. The highest BCUT2D eigenvalue weighted by atomic mass is 127. The molecule has 0 amide bonds. The highest BCUT2D eigenvalue weighted by molar-refractivity contribution is 14.0. The first kappa shape index (κ1) is 21.2. The molecule has 0 atom stereocenters. The summed E-state index contributed by atoms with van der Waals surface area (Å²) in [6.45, 7) is 8.44. The molecule has 0 aliphatic rings. The van der Waals surface area contributed by atoms with Crippen LogP contribution in [0.25, 0.3) is 0 Å². The molecular formula is C19H27IN4O. The van der Waals surface area contributed by atoms with Gasteiger partial charge in [0.1, 0.15) is 0 Å². The van der Waals surface area contributed by atoms with Crippen molar-refractivity contribution >= 4 is 29.9 Å². The van der Waals surface area contributed by atoms with Crippen molar-refractivity contribution in [2.24, 2.45) is 4.99 Å². The number of aromatic nitrogens is 1. The Bertz CT molecular complexity index is 704. The molecule has 0 aliphatic heterocycles. The Balaban J connectivity index is 0.00000312. The largest absolute Gasteiger partial charge is 0.481 e. The molecule has 0 fully saturated rings. The molecular weight excluding hydrogens is 427 g/mol. The third kappa shape index (κ3) is 6.89. The first-order valence-corrected chi connectivity index (χ1v) is 8.19. The van der Waals surface area contributed by atoms with Crippen LogP contribution in [0.3, 0.4) is 0 Å². The Morgan fingerprint density at radius 3 is 2.64 bits per heavy atom. The number of aliphatic imine (C=N–C) groups is 1. The smallest absolute Gasteiger partial charge is 0.213 e. The third-order valence-corrected chi connectivity index (χ3v) is 3.72. The predicted octanol–water partition coefficient (Wildman–Crippen LogP) is 3.58. The molecule has 1 aromatic carbocycles. The minimum Gasteiger partial charge on any atom is -0.481 e. The summed E-state index contributed by atoms with van der Waals surface area (Å²) in [6.07, 6.45) is 1.74. The molecule has 5 nitrogen and oxygen atoms in total. The van der Waals surface area contributed by atoms with Gasteiger partial charge in [-0.2, -0.15) is 0 Å². The minimum atomic E-state index is 0. The summed E-state index contributed by atoms with van der Waals surface area (Å²) in [6, 6.07) is 10.3. The van der Waals surface area contributed by atoms with Gasteiger partial charge in [0.2, 0.25) is 5.88 Å². The molecule has 0 bridgehead atoms. The number of ether oxygens (including phenoxy) is 1. The Labute approximate surface area is 167 Å². The normalized spacial score (nSPS) is 10.8. The lowest BCUT2D eigenvalue weighted by molar-refractivity contribution is 0.397. The zero-order chi connectivity index (χ0) is 17.4. The number of pyridine rings is 1. The molecule has 1 heterocycles. The van der Waals surface area contributed by atoms with Crippen molar-refractivity contribution in [1.29, 1.82) is 0 Å². The van der Waals surface area contributed by atoms with E-state index in [9.17, 15) is 0 Å². The van der Waals surface area contributed by atoms with Gasteiger partial charge in [-0.15, -0.1) is 24.0 Å². The van der Waals surface area contributed by atoms with Crippen molar-refractivity contribution in [2.45, 2.75) is 33.9 Å². The van der Waals surface area contributed by atoms with Crippen molar-refractivity contribution < 1.29 is 4.74 Å². The molecule has 2 aromatic rings. The van der Waals surface area contributed by atoms with Crippen LogP contribution in [0, 0.1) is 13.8 Å².